The van der Waals surface area contributed by atoms with Crippen LogP contribution in [0.15, 0.2) is 36.4 Å². The number of phenolic OH excluding ortho intramolecular Hbond substituents is 1. The predicted octanol–water partition coefficient (Wildman–Crippen LogP) is 2.59. The molecule has 13 heavy (non-hydrogen) atoms. The summed E-state index contributed by atoms with van der Waals surface area (Å²) in [5.74, 6) is 0.306. The molecular formula is C11H11NO. The van der Waals surface area contributed by atoms with Gasteiger partial charge < -0.3 is 10.4 Å². The summed E-state index contributed by atoms with van der Waals surface area (Å²) in [6.45, 7) is 0. The quantitative estimate of drug-likeness (QED) is 0.694. The van der Waals surface area contributed by atoms with Gasteiger partial charge in [0.15, 0.2) is 0 Å². The molecule has 0 heterocycles. The molecule has 2 aromatic carbocycles. The van der Waals surface area contributed by atoms with Crippen molar-refractivity contribution in [2.24, 2.45) is 0 Å². The molecule has 0 spiro atoms. The lowest BCUT2D eigenvalue weighted by Crippen LogP contribution is -1.88. The Hall–Kier alpha value is -1.70. The molecule has 2 nitrogen and oxygen atoms in total. The maximum absolute atomic E-state index is 9.27. The summed E-state index contributed by atoms with van der Waals surface area (Å²) in [4.78, 5) is 0. The highest BCUT2D eigenvalue weighted by molar-refractivity contribution is 5.94. The standard InChI is InChI=1S/C11H11NO/c1-12-11-4-2-3-8-7-9(13)5-6-10(8)11/h2-7,12-13H,1H3. The fraction of sp³-hybridized carbons (Fsp3) is 0.0909. The number of hydrogen-bond acceptors (Lipinski definition) is 2. The van der Waals surface area contributed by atoms with Gasteiger partial charge in [-0.3, -0.25) is 0 Å². The normalized spacial score (nSPS) is 10.2. The van der Waals surface area contributed by atoms with E-state index in [0.29, 0.717) is 5.75 Å². The van der Waals surface area contributed by atoms with Crippen LogP contribution >= 0.6 is 0 Å². The van der Waals surface area contributed by atoms with E-state index in [4.69, 9.17) is 0 Å². The highest BCUT2D eigenvalue weighted by atomic mass is 16.3. The van der Waals surface area contributed by atoms with Crippen molar-refractivity contribution in [1.82, 2.24) is 0 Å². The second-order valence-corrected chi connectivity index (χ2v) is 2.96. The molecule has 2 heteroatoms. The van der Waals surface area contributed by atoms with E-state index >= 15 is 0 Å². The molecular weight excluding hydrogens is 162 g/mol. The first kappa shape index (κ1) is 7.92. The zero-order valence-electron chi connectivity index (χ0n) is 7.41. The van der Waals surface area contributed by atoms with Crippen molar-refractivity contribution in [3.63, 3.8) is 0 Å². The molecule has 0 bridgehead atoms. The molecule has 2 aromatic rings. The number of anilines is 1. The van der Waals surface area contributed by atoms with Gasteiger partial charge in [0.2, 0.25) is 0 Å². The van der Waals surface area contributed by atoms with Crippen LogP contribution in [0.2, 0.25) is 0 Å². The fourth-order valence-corrected chi connectivity index (χ4v) is 1.49. The largest absolute Gasteiger partial charge is 0.508 e. The minimum atomic E-state index is 0.306. The number of rotatable bonds is 1. The molecule has 0 aliphatic heterocycles. The molecule has 0 aromatic heterocycles. The summed E-state index contributed by atoms with van der Waals surface area (Å²) in [5.41, 5.74) is 1.08. The van der Waals surface area contributed by atoms with Crippen molar-refractivity contribution in [1.29, 1.82) is 0 Å². The Labute approximate surface area is 76.8 Å². The van der Waals surface area contributed by atoms with E-state index < -0.39 is 0 Å². The van der Waals surface area contributed by atoms with Gasteiger partial charge in [0.05, 0.1) is 0 Å². The van der Waals surface area contributed by atoms with Crippen molar-refractivity contribution >= 4 is 16.5 Å². The van der Waals surface area contributed by atoms with Crippen molar-refractivity contribution in [2.75, 3.05) is 12.4 Å². The van der Waals surface area contributed by atoms with E-state index in [2.05, 4.69) is 5.32 Å². The molecule has 0 atom stereocenters. The Balaban J connectivity index is 2.77. The van der Waals surface area contributed by atoms with Crippen LogP contribution in [0.5, 0.6) is 5.75 Å². The second kappa shape index (κ2) is 2.98. The lowest BCUT2D eigenvalue weighted by atomic mass is 10.1. The predicted molar refractivity (Wildman–Crippen MR) is 55.2 cm³/mol. The van der Waals surface area contributed by atoms with Gasteiger partial charge in [-0.05, 0) is 29.7 Å². The maximum Gasteiger partial charge on any atom is 0.116 e. The summed E-state index contributed by atoms with van der Waals surface area (Å²) in [7, 11) is 1.89. The average Bonchev–Trinajstić information content (AvgIpc) is 2.16. The third-order valence-corrected chi connectivity index (χ3v) is 2.13. The van der Waals surface area contributed by atoms with E-state index in [9.17, 15) is 5.11 Å². The van der Waals surface area contributed by atoms with Crippen LogP contribution in [-0.2, 0) is 0 Å². The second-order valence-electron chi connectivity index (χ2n) is 2.96. The van der Waals surface area contributed by atoms with Crippen LogP contribution in [0.3, 0.4) is 0 Å². The lowest BCUT2D eigenvalue weighted by Gasteiger charge is -2.05. The molecule has 0 radical (unpaired) electrons. The summed E-state index contributed by atoms with van der Waals surface area (Å²) in [5, 5.41) is 14.6. The van der Waals surface area contributed by atoms with Crippen LogP contribution in [0.4, 0.5) is 5.69 Å². The Bertz CT molecular complexity index is 437. The van der Waals surface area contributed by atoms with Crippen LogP contribution in [0.1, 0.15) is 0 Å². The van der Waals surface area contributed by atoms with Gasteiger partial charge in [-0.15, -0.1) is 0 Å². The first-order valence-electron chi connectivity index (χ1n) is 4.21. The molecule has 66 valence electrons. The molecule has 0 fully saturated rings. The molecule has 2 rings (SSSR count). The van der Waals surface area contributed by atoms with E-state index in [-0.39, 0.29) is 0 Å². The van der Waals surface area contributed by atoms with Crippen LogP contribution in [0, 0.1) is 0 Å². The molecule has 0 saturated carbocycles. The maximum atomic E-state index is 9.27. The molecule has 2 N–H and O–H groups in total. The highest BCUT2D eigenvalue weighted by Crippen LogP contribution is 2.25. The minimum Gasteiger partial charge on any atom is -0.508 e. The summed E-state index contributed by atoms with van der Waals surface area (Å²) in [6, 6.07) is 11.3. The third-order valence-electron chi connectivity index (χ3n) is 2.13. The van der Waals surface area contributed by atoms with Gasteiger partial charge in [0, 0.05) is 18.1 Å². The lowest BCUT2D eigenvalue weighted by molar-refractivity contribution is 0.476. The molecule has 0 aliphatic carbocycles. The number of hydrogen-bond donors (Lipinski definition) is 2. The number of aromatic hydroxyl groups is 1. The fourth-order valence-electron chi connectivity index (χ4n) is 1.49. The SMILES string of the molecule is CNc1cccc2cc(O)ccc12. The Morgan fingerprint density at radius 3 is 2.77 bits per heavy atom. The first-order chi connectivity index (χ1) is 6.31. The highest BCUT2D eigenvalue weighted by Gasteiger charge is 1.98. The molecule has 0 amide bonds. The first-order valence-corrected chi connectivity index (χ1v) is 4.21. The van der Waals surface area contributed by atoms with Gasteiger partial charge in [-0.25, -0.2) is 0 Å². The van der Waals surface area contributed by atoms with Crippen molar-refractivity contribution < 1.29 is 5.11 Å². The third kappa shape index (κ3) is 1.31. The van der Waals surface area contributed by atoms with Crippen molar-refractivity contribution in [3.05, 3.63) is 36.4 Å². The number of fused-ring (bicyclic) bond motifs is 1. The van der Waals surface area contributed by atoms with E-state index in [1.165, 1.54) is 0 Å². The molecule has 0 saturated heterocycles. The van der Waals surface area contributed by atoms with Crippen LogP contribution in [0.25, 0.3) is 10.8 Å². The summed E-state index contributed by atoms with van der Waals surface area (Å²) >= 11 is 0. The number of benzene rings is 2. The van der Waals surface area contributed by atoms with Crippen LogP contribution in [-0.4, -0.2) is 12.2 Å². The number of phenols is 1. The average molecular weight is 173 g/mol. The summed E-state index contributed by atoms with van der Waals surface area (Å²) < 4.78 is 0. The monoisotopic (exact) mass is 173 g/mol. The Morgan fingerprint density at radius 1 is 1.15 bits per heavy atom. The van der Waals surface area contributed by atoms with E-state index in [0.717, 1.165) is 16.5 Å². The van der Waals surface area contributed by atoms with Crippen molar-refractivity contribution in [3.8, 4) is 5.75 Å². The van der Waals surface area contributed by atoms with E-state index in [1.54, 1.807) is 12.1 Å². The zero-order valence-corrected chi connectivity index (χ0v) is 7.41. The molecule has 0 aliphatic rings. The Morgan fingerprint density at radius 2 is 2.00 bits per heavy atom. The van der Waals surface area contributed by atoms with Gasteiger partial charge in [-0.1, -0.05) is 12.1 Å². The van der Waals surface area contributed by atoms with Gasteiger partial charge >= 0.3 is 0 Å². The minimum absolute atomic E-state index is 0.306. The summed E-state index contributed by atoms with van der Waals surface area (Å²) in [6.07, 6.45) is 0. The zero-order chi connectivity index (χ0) is 9.26. The topological polar surface area (TPSA) is 32.3 Å². The molecule has 0 unspecified atom stereocenters. The van der Waals surface area contributed by atoms with Gasteiger partial charge in [0.25, 0.3) is 0 Å². The van der Waals surface area contributed by atoms with Crippen LogP contribution < -0.4 is 5.32 Å². The van der Waals surface area contributed by atoms with Gasteiger partial charge in [0.1, 0.15) is 5.75 Å². The van der Waals surface area contributed by atoms with Crippen molar-refractivity contribution in [2.45, 2.75) is 0 Å². The van der Waals surface area contributed by atoms with E-state index in [1.807, 2.05) is 31.3 Å². The Kier molecular flexibility index (Phi) is 1.81. The van der Waals surface area contributed by atoms with Gasteiger partial charge in [-0.2, -0.15) is 0 Å². The smallest absolute Gasteiger partial charge is 0.116 e. The number of nitrogens with one attached hydrogen (secondary N) is 1.